The summed E-state index contributed by atoms with van der Waals surface area (Å²) in [6.07, 6.45) is 0. The molecule has 0 spiro atoms. The van der Waals surface area contributed by atoms with Crippen molar-refractivity contribution in [3.05, 3.63) is 58.1 Å². The van der Waals surface area contributed by atoms with Crippen LogP contribution in [-0.2, 0) is 6.61 Å². The molecule has 0 saturated heterocycles. The molecule has 20 heavy (non-hydrogen) atoms. The van der Waals surface area contributed by atoms with Gasteiger partial charge >= 0.3 is 0 Å². The normalized spacial score (nSPS) is 12.0. The maximum atomic E-state index is 5.87. The molecule has 2 N–H and O–H groups in total. The molecule has 0 fully saturated rings. The van der Waals surface area contributed by atoms with Gasteiger partial charge in [-0.05, 0) is 42.3 Å². The van der Waals surface area contributed by atoms with E-state index in [4.69, 9.17) is 15.2 Å². The molecule has 0 aromatic heterocycles. The van der Waals surface area contributed by atoms with Crippen molar-refractivity contribution in [3.63, 3.8) is 0 Å². The fourth-order valence-corrected chi connectivity index (χ4v) is 2.32. The molecule has 106 valence electrons. The third-order valence-corrected chi connectivity index (χ3v) is 3.49. The van der Waals surface area contributed by atoms with Crippen molar-refractivity contribution in [1.29, 1.82) is 0 Å². The van der Waals surface area contributed by atoms with E-state index in [9.17, 15) is 0 Å². The summed E-state index contributed by atoms with van der Waals surface area (Å²) in [7, 11) is 1.63. The minimum Gasteiger partial charge on any atom is -0.493 e. The van der Waals surface area contributed by atoms with Crippen molar-refractivity contribution in [2.24, 2.45) is 5.73 Å². The predicted molar refractivity (Wildman–Crippen MR) is 84.1 cm³/mol. The van der Waals surface area contributed by atoms with Crippen LogP contribution in [0.25, 0.3) is 0 Å². The van der Waals surface area contributed by atoms with Crippen LogP contribution in [0.5, 0.6) is 11.5 Å². The third-order valence-electron chi connectivity index (χ3n) is 3.00. The van der Waals surface area contributed by atoms with E-state index in [1.165, 1.54) is 0 Å². The summed E-state index contributed by atoms with van der Waals surface area (Å²) in [5.74, 6) is 1.42. The first-order chi connectivity index (χ1) is 9.60. The van der Waals surface area contributed by atoms with Crippen molar-refractivity contribution >= 4 is 15.9 Å². The Morgan fingerprint density at radius 2 is 1.95 bits per heavy atom. The van der Waals surface area contributed by atoms with E-state index in [2.05, 4.69) is 15.9 Å². The first-order valence-electron chi connectivity index (χ1n) is 6.41. The monoisotopic (exact) mass is 335 g/mol. The fourth-order valence-electron chi connectivity index (χ4n) is 1.87. The van der Waals surface area contributed by atoms with Crippen molar-refractivity contribution in [2.75, 3.05) is 7.11 Å². The van der Waals surface area contributed by atoms with Crippen LogP contribution >= 0.6 is 15.9 Å². The largest absolute Gasteiger partial charge is 0.493 e. The zero-order valence-corrected chi connectivity index (χ0v) is 13.2. The number of benzene rings is 2. The summed E-state index contributed by atoms with van der Waals surface area (Å²) in [6.45, 7) is 2.43. The zero-order chi connectivity index (χ0) is 14.5. The van der Waals surface area contributed by atoms with Crippen LogP contribution in [0.1, 0.15) is 24.1 Å². The Bertz CT molecular complexity index is 584. The summed E-state index contributed by atoms with van der Waals surface area (Å²) in [4.78, 5) is 0. The highest BCUT2D eigenvalue weighted by molar-refractivity contribution is 9.10. The van der Waals surface area contributed by atoms with Crippen LogP contribution in [0.15, 0.2) is 46.9 Å². The standard InChI is InChI=1S/C16H18BrNO2/c1-11(18)13-6-7-15(16(9-13)19-2)20-10-12-4-3-5-14(17)8-12/h3-9,11H,10,18H2,1-2H3/t11-/m0/s1. The molecule has 2 rings (SSSR count). The molecular formula is C16H18BrNO2. The van der Waals surface area contributed by atoms with E-state index in [0.29, 0.717) is 12.4 Å². The minimum atomic E-state index is -0.0250. The molecule has 1 atom stereocenters. The Hall–Kier alpha value is -1.52. The van der Waals surface area contributed by atoms with E-state index in [1.54, 1.807) is 7.11 Å². The quantitative estimate of drug-likeness (QED) is 0.896. The van der Waals surface area contributed by atoms with E-state index in [1.807, 2.05) is 49.4 Å². The molecule has 0 aliphatic carbocycles. The molecule has 0 heterocycles. The molecule has 0 bridgehead atoms. The topological polar surface area (TPSA) is 44.5 Å². The Labute approximate surface area is 127 Å². The molecule has 0 unspecified atom stereocenters. The molecule has 0 saturated carbocycles. The second-order valence-corrected chi connectivity index (χ2v) is 5.53. The van der Waals surface area contributed by atoms with Crippen molar-refractivity contribution in [3.8, 4) is 11.5 Å². The van der Waals surface area contributed by atoms with Gasteiger partial charge in [-0.25, -0.2) is 0 Å². The number of hydrogen-bond acceptors (Lipinski definition) is 3. The average molecular weight is 336 g/mol. The van der Waals surface area contributed by atoms with Gasteiger partial charge < -0.3 is 15.2 Å². The SMILES string of the molecule is COc1cc([C@H](C)N)ccc1OCc1cccc(Br)c1. The van der Waals surface area contributed by atoms with Crippen LogP contribution in [0.4, 0.5) is 0 Å². The number of hydrogen-bond donors (Lipinski definition) is 1. The lowest BCUT2D eigenvalue weighted by molar-refractivity contribution is 0.284. The molecule has 2 aromatic carbocycles. The summed E-state index contributed by atoms with van der Waals surface area (Å²) >= 11 is 3.45. The van der Waals surface area contributed by atoms with Crippen LogP contribution in [0, 0.1) is 0 Å². The summed E-state index contributed by atoms with van der Waals surface area (Å²) in [5, 5.41) is 0. The molecule has 4 heteroatoms. The van der Waals surface area contributed by atoms with Gasteiger partial charge in [0.2, 0.25) is 0 Å². The Kier molecular flexibility index (Phi) is 5.04. The van der Waals surface area contributed by atoms with Crippen LogP contribution < -0.4 is 15.2 Å². The fraction of sp³-hybridized carbons (Fsp3) is 0.250. The highest BCUT2D eigenvalue weighted by Crippen LogP contribution is 2.30. The van der Waals surface area contributed by atoms with Gasteiger partial charge in [0.05, 0.1) is 7.11 Å². The number of ether oxygens (including phenoxy) is 2. The maximum Gasteiger partial charge on any atom is 0.161 e. The summed E-state index contributed by atoms with van der Waals surface area (Å²) < 4.78 is 12.2. The van der Waals surface area contributed by atoms with Crippen LogP contribution in [0.2, 0.25) is 0 Å². The minimum absolute atomic E-state index is 0.0250. The second-order valence-electron chi connectivity index (χ2n) is 4.62. The molecule has 3 nitrogen and oxygen atoms in total. The molecule has 0 amide bonds. The van der Waals surface area contributed by atoms with Gasteiger partial charge in [0.25, 0.3) is 0 Å². The Balaban J connectivity index is 2.13. The van der Waals surface area contributed by atoms with Crippen LogP contribution in [-0.4, -0.2) is 7.11 Å². The lowest BCUT2D eigenvalue weighted by Crippen LogP contribution is -2.05. The number of rotatable bonds is 5. The summed E-state index contributed by atoms with van der Waals surface area (Å²) in [6, 6.07) is 13.8. The first-order valence-corrected chi connectivity index (χ1v) is 7.20. The van der Waals surface area contributed by atoms with Gasteiger partial charge in [-0.3, -0.25) is 0 Å². The van der Waals surface area contributed by atoms with Gasteiger partial charge in [-0.1, -0.05) is 34.1 Å². The molecular weight excluding hydrogens is 318 g/mol. The van der Waals surface area contributed by atoms with E-state index < -0.39 is 0 Å². The third kappa shape index (κ3) is 3.74. The van der Waals surface area contributed by atoms with E-state index >= 15 is 0 Å². The smallest absolute Gasteiger partial charge is 0.161 e. The lowest BCUT2D eigenvalue weighted by atomic mass is 10.1. The van der Waals surface area contributed by atoms with Gasteiger partial charge in [0.15, 0.2) is 11.5 Å². The number of nitrogens with two attached hydrogens (primary N) is 1. The second kappa shape index (κ2) is 6.77. The maximum absolute atomic E-state index is 5.87. The van der Waals surface area contributed by atoms with Crippen LogP contribution in [0.3, 0.4) is 0 Å². The van der Waals surface area contributed by atoms with Crippen molar-refractivity contribution in [2.45, 2.75) is 19.6 Å². The van der Waals surface area contributed by atoms with Crippen molar-refractivity contribution < 1.29 is 9.47 Å². The Morgan fingerprint density at radius 1 is 1.15 bits per heavy atom. The predicted octanol–water partition coefficient (Wildman–Crippen LogP) is 4.06. The highest BCUT2D eigenvalue weighted by Gasteiger charge is 2.08. The zero-order valence-electron chi connectivity index (χ0n) is 11.6. The first kappa shape index (κ1) is 14.9. The number of halogens is 1. The van der Waals surface area contributed by atoms with Gasteiger partial charge in [0.1, 0.15) is 6.61 Å². The van der Waals surface area contributed by atoms with E-state index in [-0.39, 0.29) is 6.04 Å². The van der Waals surface area contributed by atoms with Gasteiger partial charge in [0, 0.05) is 10.5 Å². The van der Waals surface area contributed by atoms with Crippen molar-refractivity contribution in [1.82, 2.24) is 0 Å². The molecule has 0 aliphatic heterocycles. The van der Waals surface area contributed by atoms with Gasteiger partial charge in [-0.2, -0.15) is 0 Å². The highest BCUT2D eigenvalue weighted by atomic mass is 79.9. The summed E-state index contributed by atoms with van der Waals surface area (Å²) in [5.41, 5.74) is 7.99. The average Bonchev–Trinajstić information content (AvgIpc) is 2.45. The van der Waals surface area contributed by atoms with Gasteiger partial charge in [-0.15, -0.1) is 0 Å². The number of methoxy groups -OCH3 is 1. The molecule has 0 aliphatic rings. The van der Waals surface area contributed by atoms with E-state index in [0.717, 1.165) is 21.3 Å². The molecule has 0 radical (unpaired) electrons. The molecule has 2 aromatic rings. The Morgan fingerprint density at radius 3 is 2.60 bits per heavy atom. The lowest BCUT2D eigenvalue weighted by Gasteiger charge is -2.13.